The van der Waals surface area contributed by atoms with E-state index in [9.17, 15) is 0 Å². The molecule has 0 saturated carbocycles. The van der Waals surface area contributed by atoms with Crippen LogP contribution in [0.1, 0.15) is 0 Å². The summed E-state index contributed by atoms with van der Waals surface area (Å²) in [6.45, 7) is 0. The molecule has 0 amide bonds. The quantitative estimate of drug-likeness (QED) is 0.698. The van der Waals surface area contributed by atoms with Crippen LogP contribution in [0.25, 0.3) is 11.1 Å². The average molecular weight is 360 g/mol. The SMILES string of the molecule is Brc1cncc(-c2cccc(I)c2)c1. The predicted octanol–water partition coefficient (Wildman–Crippen LogP) is 4.12. The van der Waals surface area contributed by atoms with Gasteiger partial charge in [-0.15, -0.1) is 0 Å². The molecule has 70 valence electrons. The highest BCUT2D eigenvalue weighted by molar-refractivity contribution is 14.1. The molecule has 0 saturated heterocycles. The van der Waals surface area contributed by atoms with Crippen LogP contribution in [-0.2, 0) is 0 Å². The molecule has 1 heterocycles. The Balaban J connectivity index is 2.49. The van der Waals surface area contributed by atoms with E-state index in [4.69, 9.17) is 0 Å². The summed E-state index contributed by atoms with van der Waals surface area (Å²) >= 11 is 5.72. The van der Waals surface area contributed by atoms with Crippen LogP contribution < -0.4 is 0 Å². The van der Waals surface area contributed by atoms with Crippen molar-refractivity contribution in [1.82, 2.24) is 4.98 Å². The van der Waals surface area contributed by atoms with E-state index in [0.29, 0.717) is 0 Å². The molecule has 3 heteroatoms. The summed E-state index contributed by atoms with van der Waals surface area (Å²) in [4.78, 5) is 4.14. The van der Waals surface area contributed by atoms with Gasteiger partial charge in [0.1, 0.15) is 0 Å². The average Bonchev–Trinajstić information content (AvgIpc) is 2.18. The maximum Gasteiger partial charge on any atom is 0.0410 e. The van der Waals surface area contributed by atoms with E-state index >= 15 is 0 Å². The molecule has 0 aliphatic rings. The van der Waals surface area contributed by atoms with Gasteiger partial charge in [-0.25, -0.2) is 0 Å². The molecule has 0 N–H and O–H groups in total. The maximum atomic E-state index is 4.14. The molecule has 1 aromatic heterocycles. The van der Waals surface area contributed by atoms with Crippen molar-refractivity contribution in [3.05, 3.63) is 50.8 Å². The summed E-state index contributed by atoms with van der Waals surface area (Å²) in [5.74, 6) is 0. The maximum absolute atomic E-state index is 4.14. The van der Waals surface area contributed by atoms with Crippen LogP contribution in [-0.4, -0.2) is 4.98 Å². The van der Waals surface area contributed by atoms with Gasteiger partial charge in [0.2, 0.25) is 0 Å². The highest BCUT2D eigenvalue weighted by Crippen LogP contribution is 2.22. The lowest BCUT2D eigenvalue weighted by atomic mass is 10.1. The molecule has 0 fully saturated rings. The lowest BCUT2D eigenvalue weighted by Crippen LogP contribution is -1.81. The number of benzene rings is 1. The van der Waals surface area contributed by atoms with Gasteiger partial charge < -0.3 is 0 Å². The molecule has 1 nitrogen and oxygen atoms in total. The highest BCUT2D eigenvalue weighted by atomic mass is 127. The summed E-state index contributed by atoms with van der Waals surface area (Å²) in [7, 11) is 0. The second kappa shape index (κ2) is 4.40. The second-order valence-electron chi connectivity index (χ2n) is 2.90. The fraction of sp³-hybridized carbons (Fsp3) is 0. The van der Waals surface area contributed by atoms with Gasteiger partial charge in [-0.3, -0.25) is 4.98 Å². The third-order valence-electron chi connectivity index (χ3n) is 1.86. The van der Waals surface area contributed by atoms with Crippen molar-refractivity contribution in [3.8, 4) is 11.1 Å². The molecule has 0 aliphatic carbocycles. The summed E-state index contributed by atoms with van der Waals surface area (Å²) in [5.41, 5.74) is 2.34. The molecule has 2 aromatic rings. The van der Waals surface area contributed by atoms with E-state index in [1.165, 1.54) is 9.13 Å². The monoisotopic (exact) mass is 359 g/mol. The van der Waals surface area contributed by atoms with E-state index in [0.717, 1.165) is 10.0 Å². The summed E-state index contributed by atoms with van der Waals surface area (Å²) in [5, 5.41) is 0. The predicted molar refractivity (Wildman–Crippen MR) is 70.1 cm³/mol. The Labute approximate surface area is 105 Å². The molecule has 0 atom stereocenters. The van der Waals surface area contributed by atoms with Gasteiger partial charge in [-0.1, -0.05) is 12.1 Å². The molecule has 1 aromatic carbocycles. The fourth-order valence-electron chi connectivity index (χ4n) is 1.24. The lowest BCUT2D eigenvalue weighted by molar-refractivity contribution is 1.31. The van der Waals surface area contributed by atoms with Crippen molar-refractivity contribution >= 4 is 38.5 Å². The van der Waals surface area contributed by atoms with Crippen LogP contribution in [0.4, 0.5) is 0 Å². The number of hydrogen-bond acceptors (Lipinski definition) is 1. The van der Waals surface area contributed by atoms with Crippen molar-refractivity contribution in [2.24, 2.45) is 0 Å². The van der Waals surface area contributed by atoms with E-state index in [-0.39, 0.29) is 0 Å². The number of rotatable bonds is 1. The van der Waals surface area contributed by atoms with Crippen LogP contribution in [0.3, 0.4) is 0 Å². The number of pyridine rings is 1. The van der Waals surface area contributed by atoms with Gasteiger partial charge in [0.05, 0.1) is 0 Å². The van der Waals surface area contributed by atoms with Gasteiger partial charge in [0, 0.05) is 26.0 Å². The van der Waals surface area contributed by atoms with Crippen LogP contribution >= 0.6 is 38.5 Å². The number of aromatic nitrogens is 1. The minimum absolute atomic E-state index is 1.01. The Morgan fingerprint density at radius 1 is 1.07 bits per heavy atom. The zero-order valence-corrected chi connectivity index (χ0v) is 11.0. The minimum Gasteiger partial charge on any atom is -0.263 e. The first-order valence-electron chi connectivity index (χ1n) is 4.12. The van der Waals surface area contributed by atoms with E-state index in [1.54, 1.807) is 6.20 Å². The Morgan fingerprint density at radius 3 is 2.64 bits per heavy atom. The standard InChI is InChI=1S/C11H7BrIN/c12-10-4-9(6-14-7-10)8-2-1-3-11(13)5-8/h1-7H. The van der Waals surface area contributed by atoms with E-state index in [1.807, 2.05) is 6.20 Å². The van der Waals surface area contributed by atoms with E-state index in [2.05, 4.69) is 73.8 Å². The molecule has 0 radical (unpaired) electrons. The van der Waals surface area contributed by atoms with Crippen LogP contribution in [0.15, 0.2) is 47.2 Å². The second-order valence-corrected chi connectivity index (χ2v) is 5.06. The van der Waals surface area contributed by atoms with Crippen molar-refractivity contribution in [3.63, 3.8) is 0 Å². The van der Waals surface area contributed by atoms with Gasteiger partial charge in [-0.05, 0) is 62.3 Å². The molecule has 0 unspecified atom stereocenters. The van der Waals surface area contributed by atoms with Crippen LogP contribution in [0, 0.1) is 3.57 Å². The summed E-state index contributed by atoms with van der Waals surface area (Å²) in [6.07, 6.45) is 3.66. The molecule has 0 aliphatic heterocycles. The molecule has 14 heavy (non-hydrogen) atoms. The van der Waals surface area contributed by atoms with Gasteiger partial charge in [-0.2, -0.15) is 0 Å². The molecular formula is C11H7BrIN. The third kappa shape index (κ3) is 2.33. The largest absolute Gasteiger partial charge is 0.263 e. The number of halogens is 2. The van der Waals surface area contributed by atoms with Crippen molar-refractivity contribution in [1.29, 1.82) is 0 Å². The smallest absolute Gasteiger partial charge is 0.0410 e. The zero-order chi connectivity index (χ0) is 9.97. The number of hydrogen-bond donors (Lipinski definition) is 0. The highest BCUT2D eigenvalue weighted by Gasteiger charge is 1.98. The number of nitrogens with zero attached hydrogens (tertiary/aromatic N) is 1. The third-order valence-corrected chi connectivity index (χ3v) is 2.97. The molecule has 0 bridgehead atoms. The van der Waals surface area contributed by atoms with Crippen molar-refractivity contribution in [2.75, 3.05) is 0 Å². The first kappa shape index (κ1) is 10.1. The first-order valence-corrected chi connectivity index (χ1v) is 5.99. The van der Waals surface area contributed by atoms with Crippen molar-refractivity contribution < 1.29 is 0 Å². The molecular weight excluding hydrogens is 353 g/mol. The van der Waals surface area contributed by atoms with Gasteiger partial charge in [0.25, 0.3) is 0 Å². The molecule has 2 rings (SSSR count). The Kier molecular flexibility index (Phi) is 3.18. The lowest BCUT2D eigenvalue weighted by Gasteiger charge is -2.01. The topological polar surface area (TPSA) is 12.9 Å². The van der Waals surface area contributed by atoms with E-state index < -0.39 is 0 Å². The van der Waals surface area contributed by atoms with Crippen molar-refractivity contribution in [2.45, 2.75) is 0 Å². The Bertz CT molecular complexity index is 413. The normalized spacial score (nSPS) is 10.1. The first-order chi connectivity index (χ1) is 6.75. The van der Waals surface area contributed by atoms with Gasteiger partial charge >= 0.3 is 0 Å². The zero-order valence-electron chi connectivity index (χ0n) is 7.24. The van der Waals surface area contributed by atoms with Crippen LogP contribution in [0.5, 0.6) is 0 Å². The Hall–Kier alpha value is -0.420. The Morgan fingerprint density at radius 2 is 1.93 bits per heavy atom. The summed E-state index contributed by atoms with van der Waals surface area (Å²) < 4.78 is 2.24. The van der Waals surface area contributed by atoms with Gasteiger partial charge in [0.15, 0.2) is 0 Å². The van der Waals surface area contributed by atoms with Crippen LogP contribution in [0.2, 0.25) is 0 Å². The summed E-state index contributed by atoms with van der Waals surface area (Å²) in [6, 6.07) is 10.4. The minimum atomic E-state index is 1.01. The molecule has 0 spiro atoms. The fourth-order valence-corrected chi connectivity index (χ4v) is 2.15.